The zero-order valence-corrected chi connectivity index (χ0v) is 13.0. The maximum atomic E-state index is 12.6. The zero-order valence-electron chi connectivity index (χ0n) is 13.0. The minimum Gasteiger partial charge on any atom is -0.495 e. The van der Waals surface area contributed by atoms with Crippen molar-refractivity contribution in [3.63, 3.8) is 0 Å². The van der Waals surface area contributed by atoms with Gasteiger partial charge in [-0.25, -0.2) is 0 Å². The first-order valence-electron chi connectivity index (χ1n) is 8.49. The van der Waals surface area contributed by atoms with Crippen LogP contribution >= 0.6 is 0 Å². The molecule has 0 spiro atoms. The Morgan fingerprint density at radius 1 is 1.15 bits per heavy atom. The lowest BCUT2D eigenvalue weighted by molar-refractivity contribution is -0.145. The Labute approximate surface area is 124 Å². The van der Waals surface area contributed by atoms with Crippen LogP contribution in [0.3, 0.4) is 0 Å². The minimum atomic E-state index is -0.249. The highest BCUT2D eigenvalue weighted by Crippen LogP contribution is 2.44. The van der Waals surface area contributed by atoms with Crippen LogP contribution in [0.25, 0.3) is 0 Å². The maximum absolute atomic E-state index is 12.6. The molecule has 0 aromatic carbocycles. The largest absolute Gasteiger partial charge is 0.495 e. The van der Waals surface area contributed by atoms with Crippen molar-refractivity contribution in [3.05, 3.63) is 12.8 Å². The molecule has 2 aliphatic rings. The normalized spacial score (nSPS) is 36.5. The molecule has 2 saturated carbocycles. The van der Waals surface area contributed by atoms with Crippen LogP contribution in [0, 0.1) is 11.8 Å². The molecule has 2 fully saturated rings. The quantitative estimate of drug-likeness (QED) is 0.663. The molecule has 2 heteroatoms. The van der Waals surface area contributed by atoms with Crippen molar-refractivity contribution >= 4 is 5.78 Å². The maximum Gasteiger partial charge on any atom is 0.140 e. The van der Waals surface area contributed by atoms with Crippen LogP contribution in [-0.4, -0.2) is 11.4 Å². The number of rotatable bonds is 2. The predicted octanol–water partition coefficient (Wildman–Crippen LogP) is 5.03. The molecule has 2 nitrogen and oxygen atoms in total. The van der Waals surface area contributed by atoms with Gasteiger partial charge in [0.15, 0.2) is 0 Å². The van der Waals surface area contributed by atoms with Crippen molar-refractivity contribution in [2.75, 3.05) is 0 Å². The van der Waals surface area contributed by atoms with E-state index in [0.29, 0.717) is 11.7 Å². The molecule has 3 atom stereocenters. The molecule has 114 valence electrons. The summed E-state index contributed by atoms with van der Waals surface area (Å²) in [6, 6.07) is 0. The number of carbonyl (C=O) groups is 1. The van der Waals surface area contributed by atoms with E-state index in [1.807, 2.05) is 0 Å². The average Bonchev–Trinajstić information content (AvgIpc) is 2.43. The summed E-state index contributed by atoms with van der Waals surface area (Å²) < 4.78 is 6.03. The Morgan fingerprint density at radius 3 is 2.50 bits per heavy atom. The molecule has 0 aromatic heterocycles. The monoisotopic (exact) mass is 278 g/mol. The molecule has 0 aliphatic heterocycles. The average molecular weight is 278 g/mol. The van der Waals surface area contributed by atoms with E-state index in [1.165, 1.54) is 44.9 Å². The fourth-order valence-electron chi connectivity index (χ4n) is 4.30. The van der Waals surface area contributed by atoms with Crippen molar-refractivity contribution in [1.82, 2.24) is 0 Å². The van der Waals surface area contributed by atoms with Gasteiger partial charge in [-0.3, -0.25) is 4.79 Å². The molecule has 0 radical (unpaired) electrons. The van der Waals surface area contributed by atoms with Crippen LogP contribution in [0.2, 0.25) is 0 Å². The lowest BCUT2D eigenvalue weighted by atomic mass is 9.66. The van der Waals surface area contributed by atoms with Gasteiger partial charge in [0.25, 0.3) is 0 Å². The second kappa shape index (κ2) is 7.28. The van der Waals surface area contributed by atoms with Crippen LogP contribution in [0.5, 0.6) is 0 Å². The smallest absolute Gasteiger partial charge is 0.140 e. The fourth-order valence-corrected chi connectivity index (χ4v) is 4.30. The molecule has 2 aliphatic carbocycles. The molecule has 2 rings (SSSR count). The lowest BCUT2D eigenvalue weighted by Gasteiger charge is -2.45. The highest BCUT2D eigenvalue weighted by atomic mass is 16.5. The van der Waals surface area contributed by atoms with Crippen molar-refractivity contribution < 1.29 is 9.53 Å². The number of fused-ring (bicyclic) bond motifs is 1. The Bertz CT molecular complexity index is 336. The van der Waals surface area contributed by atoms with Crippen molar-refractivity contribution in [2.45, 2.75) is 83.2 Å². The molecule has 0 saturated heterocycles. The summed E-state index contributed by atoms with van der Waals surface area (Å²) in [5, 5.41) is 0. The molecule has 0 heterocycles. The van der Waals surface area contributed by atoms with Gasteiger partial charge in [0.2, 0.25) is 0 Å². The first kappa shape index (κ1) is 15.6. The van der Waals surface area contributed by atoms with Gasteiger partial charge in [0, 0.05) is 6.42 Å². The minimum absolute atomic E-state index is 0.106. The van der Waals surface area contributed by atoms with E-state index in [0.717, 1.165) is 25.7 Å². The summed E-state index contributed by atoms with van der Waals surface area (Å²) in [6.07, 6.45) is 14.3. The highest BCUT2D eigenvalue weighted by molar-refractivity contribution is 5.83. The Balaban J connectivity index is 2.20. The fraction of sp³-hybridized carbons (Fsp3) is 0.833. The zero-order chi connectivity index (χ0) is 14.4. The summed E-state index contributed by atoms with van der Waals surface area (Å²) in [6.45, 7) is 5.96. The molecule has 3 unspecified atom stereocenters. The van der Waals surface area contributed by atoms with E-state index in [-0.39, 0.29) is 11.5 Å². The third-order valence-electron chi connectivity index (χ3n) is 5.18. The van der Waals surface area contributed by atoms with Crippen LogP contribution in [0.15, 0.2) is 12.8 Å². The molecule has 0 bridgehead atoms. The van der Waals surface area contributed by atoms with Crippen LogP contribution in [-0.2, 0) is 9.53 Å². The van der Waals surface area contributed by atoms with Crippen molar-refractivity contribution in [1.29, 1.82) is 0 Å². The van der Waals surface area contributed by atoms with Gasteiger partial charge in [-0.1, -0.05) is 52.0 Å². The summed E-state index contributed by atoms with van der Waals surface area (Å²) >= 11 is 0. The molecular formula is C18H30O2. The third-order valence-corrected chi connectivity index (χ3v) is 5.18. The SMILES string of the molecule is C=COC12CCCCCCCCCC1C(=O)CC(C)C2. The topological polar surface area (TPSA) is 26.3 Å². The number of Topliss-reactive ketones (excluding diaryl/α,β-unsaturated/α-hetero) is 1. The highest BCUT2D eigenvalue weighted by Gasteiger charge is 2.48. The van der Waals surface area contributed by atoms with E-state index in [9.17, 15) is 4.79 Å². The number of hydrogen-bond acceptors (Lipinski definition) is 2. The Morgan fingerprint density at radius 2 is 1.80 bits per heavy atom. The van der Waals surface area contributed by atoms with Gasteiger partial charge in [-0.2, -0.15) is 0 Å². The van der Waals surface area contributed by atoms with Gasteiger partial charge in [0.1, 0.15) is 11.4 Å². The summed E-state index contributed by atoms with van der Waals surface area (Å²) in [7, 11) is 0. The molecule has 0 N–H and O–H groups in total. The first-order valence-corrected chi connectivity index (χ1v) is 8.49. The first-order chi connectivity index (χ1) is 9.68. The number of ether oxygens (including phenoxy) is 1. The molecular weight excluding hydrogens is 248 g/mol. The Kier molecular flexibility index (Phi) is 5.68. The van der Waals surface area contributed by atoms with E-state index in [1.54, 1.807) is 6.26 Å². The standard InChI is InChI=1S/C18H30O2/c1-3-20-18-12-10-8-6-4-5-7-9-11-16(18)17(19)13-15(2)14-18/h3,15-16H,1,4-14H2,2H3. The second-order valence-electron chi connectivity index (χ2n) is 6.90. The van der Waals surface area contributed by atoms with Crippen molar-refractivity contribution in [3.8, 4) is 0 Å². The lowest BCUT2D eigenvalue weighted by Crippen LogP contribution is -2.49. The Hall–Kier alpha value is -0.790. The second-order valence-corrected chi connectivity index (χ2v) is 6.90. The van der Waals surface area contributed by atoms with Gasteiger partial charge in [0.05, 0.1) is 12.2 Å². The van der Waals surface area contributed by atoms with Crippen LogP contribution < -0.4 is 0 Å². The van der Waals surface area contributed by atoms with Gasteiger partial charge < -0.3 is 4.74 Å². The van der Waals surface area contributed by atoms with Crippen LogP contribution in [0.1, 0.15) is 77.6 Å². The van der Waals surface area contributed by atoms with E-state index in [4.69, 9.17) is 4.74 Å². The summed E-state index contributed by atoms with van der Waals surface area (Å²) in [4.78, 5) is 12.6. The number of ketones is 1. The van der Waals surface area contributed by atoms with Crippen LogP contribution in [0.4, 0.5) is 0 Å². The predicted molar refractivity (Wildman–Crippen MR) is 82.5 cm³/mol. The van der Waals surface area contributed by atoms with E-state index >= 15 is 0 Å². The summed E-state index contributed by atoms with van der Waals surface area (Å²) in [5.74, 6) is 0.989. The van der Waals surface area contributed by atoms with Gasteiger partial charge in [-0.15, -0.1) is 0 Å². The van der Waals surface area contributed by atoms with Gasteiger partial charge in [-0.05, 0) is 31.6 Å². The van der Waals surface area contributed by atoms with E-state index in [2.05, 4.69) is 13.5 Å². The molecule has 0 amide bonds. The number of hydrogen-bond donors (Lipinski definition) is 0. The number of carbonyl (C=O) groups excluding carboxylic acids is 1. The van der Waals surface area contributed by atoms with E-state index < -0.39 is 0 Å². The van der Waals surface area contributed by atoms with Crippen molar-refractivity contribution in [2.24, 2.45) is 11.8 Å². The molecule has 20 heavy (non-hydrogen) atoms. The summed E-state index contributed by atoms with van der Waals surface area (Å²) in [5.41, 5.74) is -0.249. The third kappa shape index (κ3) is 3.65. The molecule has 0 aromatic rings. The van der Waals surface area contributed by atoms with Gasteiger partial charge >= 0.3 is 0 Å².